The molecular formula is C11H24N2O. The molecule has 0 saturated carbocycles. The van der Waals surface area contributed by atoms with Crippen LogP contribution in [0.5, 0.6) is 0 Å². The van der Waals surface area contributed by atoms with Crippen LogP contribution in [0.1, 0.15) is 27.2 Å². The van der Waals surface area contributed by atoms with Crippen molar-refractivity contribution in [1.82, 2.24) is 10.6 Å². The first-order chi connectivity index (χ1) is 6.55. The quantitative estimate of drug-likeness (QED) is 0.694. The molecule has 2 unspecified atom stereocenters. The van der Waals surface area contributed by atoms with Crippen LogP contribution in [-0.4, -0.2) is 38.4 Å². The van der Waals surface area contributed by atoms with E-state index >= 15 is 0 Å². The fourth-order valence-electron chi connectivity index (χ4n) is 1.62. The SMILES string of the molecule is CNC(C)(C)CNC(C)C1CCOC1. The number of rotatable bonds is 5. The Bertz CT molecular complexity index is 165. The van der Waals surface area contributed by atoms with E-state index in [1.807, 2.05) is 7.05 Å². The van der Waals surface area contributed by atoms with Gasteiger partial charge in [0.05, 0.1) is 6.61 Å². The van der Waals surface area contributed by atoms with E-state index in [4.69, 9.17) is 4.74 Å². The van der Waals surface area contributed by atoms with Gasteiger partial charge in [0.25, 0.3) is 0 Å². The van der Waals surface area contributed by atoms with Crippen molar-refractivity contribution < 1.29 is 4.74 Å². The zero-order valence-electron chi connectivity index (χ0n) is 9.89. The highest BCUT2D eigenvalue weighted by Crippen LogP contribution is 2.16. The topological polar surface area (TPSA) is 33.3 Å². The van der Waals surface area contributed by atoms with Crippen LogP contribution in [0.4, 0.5) is 0 Å². The lowest BCUT2D eigenvalue weighted by Crippen LogP contribution is -2.49. The second kappa shape index (κ2) is 5.10. The molecule has 0 amide bonds. The highest BCUT2D eigenvalue weighted by Gasteiger charge is 2.23. The molecule has 0 aromatic carbocycles. The molecule has 3 nitrogen and oxygen atoms in total. The van der Waals surface area contributed by atoms with E-state index in [0.717, 1.165) is 19.8 Å². The molecule has 0 aliphatic carbocycles. The first-order valence-corrected chi connectivity index (χ1v) is 5.55. The standard InChI is InChI=1S/C11H24N2O/c1-9(10-5-6-14-7-10)13-8-11(2,3)12-4/h9-10,12-13H,5-8H2,1-4H3. The Morgan fingerprint density at radius 3 is 2.71 bits per heavy atom. The van der Waals surface area contributed by atoms with Gasteiger partial charge in [-0.05, 0) is 40.2 Å². The second-order valence-corrected chi connectivity index (χ2v) is 4.93. The summed E-state index contributed by atoms with van der Waals surface area (Å²) >= 11 is 0. The van der Waals surface area contributed by atoms with Gasteiger partial charge in [0, 0.05) is 24.7 Å². The van der Waals surface area contributed by atoms with Crippen molar-refractivity contribution in [3.05, 3.63) is 0 Å². The third kappa shape index (κ3) is 3.56. The molecule has 14 heavy (non-hydrogen) atoms. The molecule has 0 bridgehead atoms. The molecule has 1 aliphatic rings. The molecule has 84 valence electrons. The van der Waals surface area contributed by atoms with Crippen molar-refractivity contribution in [2.75, 3.05) is 26.8 Å². The third-order valence-electron chi connectivity index (χ3n) is 3.21. The molecule has 0 spiro atoms. The van der Waals surface area contributed by atoms with Crippen molar-refractivity contribution in [2.45, 2.75) is 38.8 Å². The van der Waals surface area contributed by atoms with Gasteiger partial charge in [-0.25, -0.2) is 0 Å². The van der Waals surface area contributed by atoms with Crippen molar-refractivity contribution in [3.8, 4) is 0 Å². The number of hydrogen-bond donors (Lipinski definition) is 2. The maximum atomic E-state index is 5.38. The predicted molar refractivity (Wildman–Crippen MR) is 59.5 cm³/mol. The van der Waals surface area contributed by atoms with Crippen LogP contribution in [-0.2, 0) is 4.74 Å². The third-order valence-corrected chi connectivity index (χ3v) is 3.21. The molecule has 3 heteroatoms. The molecule has 2 N–H and O–H groups in total. The predicted octanol–water partition coefficient (Wildman–Crippen LogP) is 0.999. The summed E-state index contributed by atoms with van der Waals surface area (Å²) in [6.45, 7) is 9.53. The number of ether oxygens (including phenoxy) is 1. The van der Waals surface area contributed by atoms with Crippen molar-refractivity contribution in [3.63, 3.8) is 0 Å². The van der Waals surface area contributed by atoms with Gasteiger partial charge in [-0.2, -0.15) is 0 Å². The lowest BCUT2D eigenvalue weighted by molar-refractivity contribution is 0.177. The van der Waals surface area contributed by atoms with Gasteiger partial charge in [0.2, 0.25) is 0 Å². The summed E-state index contributed by atoms with van der Waals surface area (Å²) in [6.07, 6.45) is 1.20. The van der Waals surface area contributed by atoms with Gasteiger partial charge in [0.15, 0.2) is 0 Å². The summed E-state index contributed by atoms with van der Waals surface area (Å²) < 4.78 is 5.38. The monoisotopic (exact) mass is 200 g/mol. The molecule has 1 aliphatic heterocycles. The Morgan fingerprint density at radius 1 is 1.50 bits per heavy atom. The largest absolute Gasteiger partial charge is 0.381 e. The van der Waals surface area contributed by atoms with Gasteiger partial charge >= 0.3 is 0 Å². The molecule has 0 aromatic heterocycles. The van der Waals surface area contributed by atoms with Crippen LogP contribution in [0.25, 0.3) is 0 Å². The maximum absolute atomic E-state index is 5.38. The van der Waals surface area contributed by atoms with Gasteiger partial charge in [0.1, 0.15) is 0 Å². The van der Waals surface area contributed by atoms with Crippen LogP contribution < -0.4 is 10.6 Å². The molecule has 2 atom stereocenters. The molecule has 0 aromatic rings. The van der Waals surface area contributed by atoms with E-state index in [1.54, 1.807) is 0 Å². The van der Waals surface area contributed by atoms with E-state index in [9.17, 15) is 0 Å². The Kier molecular flexibility index (Phi) is 4.35. The molecule has 1 heterocycles. The average Bonchev–Trinajstić information content (AvgIpc) is 2.67. The summed E-state index contributed by atoms with van der Waals surface area (Å²) in [5, 5.41) is 6.87. The zero-order chi connectivity index (χ0) is 10.6. The van der Waals surface area contributed by atoms with Gasteiger partial charge in [-0.1, -0.05) is 0 Å². The van der Waals surface area contributed by atoms with Crippen LogP contribution >= 0.6 is 0 Å². The Labute approximate surface area is 87.6 Å². The maximum Gasteiger partial charge on any atom is 0.0509 e. The summed E-state index contributed by atoms with van der Waals surface area (Å²) in [4.78, 5) is 0. The van der Waals surface area contributed by atoms with E-state index < -0.39 is 0 Å². The number of nitrogens with one attached hydrogen (secondary N) is 2. The van der Waals surface area contributed by atoms with Gasteiger partial charge in [-0.3, -0.25) is 0 Å². The fraction of sp³-hybridized carbons (Fsp3) is 1.00. The fourth-order valence-corrected chi connectivity index (χ4v) is 1.62. The van der Waals surface area contributed by atoms with E-state index in [2.05, 4.69) is 31.4 Å². The molecule has 1 rings (SSSR count). The van der Waals surface area contributed by atoms with Crippen molar-refractivity contribution in [1.29, 1.82) is 0 Å². The zero-order valence-corrected chi connectivity index (χ0v) is 9.89. The minimum Gasteiger partial charge on any atom is -0.381 e. The first-order valence-electron chi connectivity index (χ1n) is 5.55. The number of likely N-dealkylation sites (N-methyl/N-ethyl adjacent to an activating group) is 1. The lowest BCUT2D eigenvalue weighted by Gasteiger charge is -2.28. The van der Waals surface area contributed by atoms with E-state index in [1.165, 1.54) is 6.42 Å². The van der Waals surface area contributed by atoms with Crippen LogP contribution in [0.2, 0.25) is 0 Å². The number of hydrogen-bond acceptors (Lipinski definition) is 3. The second-order valence-electron chi connectivity index (χ2n) is 4.93. The van der Waals surface area contributed by atoms with Crippen LogP contribution in [0, 0.1) is 5.92 Å². The molecule has 1 saturated heterocycles. The average molecular weight is 200 g/mol. The minimum absolute atomic E-state index is 0.174. The molecule has 0 radical (unpaired) electrons. The Hall–Kier alpha value is -0.120. The van der Waals surface area contributed by atoms with Crippen molar-refractivity contribution >= 4 is 0 Å². The Balaban J connectivity index is 2.23. The van der Waals surface area contributed by atoms with E-state index in [0.29, 0.717) is 12.0 Å². The summed E-state index contributed by atoms with van der Waals surface area (Å²) in [7, 11) is 2.00. The van der Waals surface area contributed by atoms with E-state index in [-0.39, 0.29) is 5.54 Å². The molecular weight excluding hydrogens is 176 g/mol. The van der Waals surface area contributed by atoms with Crippen LogP contribution in [0.3, 0.4) is 0 Å². The van der Waals surface area contributed by atoms with Crippen molar-refractivity contribution in [2.24, 2.45) is 5.92 Å². The summed E-state index contributed by atoms with van der Waals surface area (Å²) in [5.74, 6) is 0.697. The lowest BCUT2D eigenvalue weighted by atomic mass is 9.99. The smallest absolute Gasteiger partial charge is 0.0509 e. The highest BCUT2D eigenvalue weighted by molar-refractivity contribution is 4.82. The summed E-state index contributed by atoms with van der Waals surface area (Å²) in [6, 6.07) is 0.560. The van der Waals surface area contributed by atoms with Gasteiger partial charge in [-0.15, -0.1) is 0 Å². The molecule has 1 fully saturated rings. The van der Waals surface area contributed by atoms with Crippen LogP contribution in [0.15, 0.2) is 0 Å². The normalized spacial score (nSPS) is 25.3. The first kappa shape index (κ1) is 12.0. The Morgan fingerprint density at radius 2 is 2.21 bits per heavy atom. The van der Waals surface area contributed by atoms with Gasteiger partial charge < -0.3 is 15.4 Å². The summed E-state index contributed by atoms with van der Waals surface area (Å²) in [5.41, 5.74) is 0.174. The minimum atomic E-state index is 0.174. The highest BCUT2D eigenvalue weighted by atomic mass is 16.5.